The third kappa shape index (κ3) is 4.15. The van der Waals surface area contributed by atoms with Crippen molar-refractivity contribution in [3.63, 3.8) is 0 Å². The number of hydrogen-bond acceptors (Lipinski definition) is 5. The van der Waals surface area contributed by atoms with Crippen molar-refractivity contribution in [2.45, 2.75) is 12.2 Å². The number of nitrogens with zero attached hydrogens (tertiary/aromatic N) is 3. The van der Waals surface area contributed by atoms with Crippen molar-refractivity contribution < 1.29 is 8.42 Å². The molecule has 8 heteroatoms. The molecule has 0 aliphatic heterocycles. The summed E-state index contributed by atoms with van der Waals surface area (Å²) in [6.07, 6.45) is 1.83. The number of H-pyrrole nitrogens is 1. The summed E-state index contributed by atoms with van der Waals surface area (Å²) in [5.41, 5.74) is 1.14. The third-order valence-corrected chi connectivity index (χ3v) is 3.95. The van der Waals surface area contributed by atoms with Crippen molar-refractivity contribution >= 4 is 10.0 Å². The summed E-state index contributed by atoms with van der Waals surface area (Å²) in [5, 5.41) is 15.0. The summed E-state index contributed by atoms with van der Waals surface area (Å²) in [6, 6.07) is 8.45. The standard InChI is InChI=1S/C12H13N5O2S/c13-7-10-1-3-11(4-2-10)8-20(18,19)16-6-5-12-14-9-15-17-12/h1-4,9,16H,5-6,8H2,(H,14,15,17). The number of hydrogen-bond donors (Lipinski definition) is 2. The van der Waals surface area contributed by atoms with Gasteiger partial charge in [-0.3, -0.25) is 5.10 Å². The number of aromatic amines is 1. The lowest BCUT2D eigenvalue weighted by molar-refractivity contribution is 0.580. The fourth-order valence-electron chi connectivity index (χ4n) is 1.62. The predicted molar refractivity (Wildman–Crippen MR) is 71.9 cm³/mol. The van der Waals surface area contributed by atoms with E-state index < -0.39 is 10.0 Å². The first-order chi connectivity index (χ1) is 9.59. The van der Waals surface area contributed by atoms with Crippen LogP contribution >= 0.6 is 0 Å². The second-order valence-corrected chi connectivity index (χ2v) is 5.95. The van der Waals surface area contributed by atoms with E-state index in [-0.39, 0.29) is 12.3 Å². The van der Waals surface area contributed by atoms with Crippen LogP contribution in [0.2, 0.25) is 0 Å². The molecule has 0 aliphatic carbocycles. The molecule has 2 rings (SSSR count). The van der Waals surface area contributed by atoms with Crippen LogP contribution in [0.5, 0.6) is 0 Å². The first-order valence-corrected chi connectivity index (χ1v) is 7.55. The van der Waals surface area contributed by atoms with E-state index >= 15 is 0 Å². The molecule has 0 aliphatic rings. The first-order valence-electron chi connectivity index (χ1n) is 5.90. The number of benzene rings is 1. The molecule has 0 fully saturated rings. The molecule has 0 amide bonds. The van der Waals surface area contributed by atoms with E-state index in [0.717, 1.165) is 0 Å². The number of nitrogens with one attached hydrogen (secondary N) is 2. The lowest BCUT2D eigenvalue weighted by Crippen LogP contribution is -2.27. The minimum absolute atomic E-state index is 0.116. The van der Waals surface area contributed by atoms with Crippen molar-refractivity contribution in [1.82, 2.24) is 19.9 Å². The average molecular weight is 291 g/mol. The van der Waals surface area contributed by atoms with E-state index in [1.807, 2.05) is 6.07 Å². The number of sulfonamides is 1. The van der Waals surface area contributed by atoms with Crippen LogP contribution in [0.3, 0.4) is 0 Å². The van der Waals surface area contributed by atoms with Crippen molar-refractivity contribution in [2.75, 3.05) is 6.54 Å². The van der Waals surface area contributed by atoms with Crippen LogP contribution in [0.1, 0.15) is 17.0 Å². The number of nitriles is 1. The van der Waals surface area contributed by atoms with Crippen LogP contribution in [-0.2, 0) is 22.2 Å². The Hall–Kier alpha value is -2.24. The quantitative estimate of drug-likeness (QED) is 0.797. The SMILES string of the molecule is N#Cc1ccc(CS(=O)(=O)NCCc2ncn[nH]2)cc1. The minimum Gasteiger partial charge on any atom is -0.263 e. The van der Waals surface area contributed by atoms with Crippen molar-refractivity contribution in [3.8, 4) is 6.07 Å². The molecule has 0 saturated carbocycles. The minimum atomic E-state index is -3.40. The van der Waals surface area contributed by atoms with E-state index in [9.17, 15) is 8.42 Å². The second kappa shape index (κ2) is 6.27. The Kier molecular flexibility index (Phi) is 4.45. The molecule has 0 radical (unpaired) electrons. The van der Waals surface area contributed by atoms with Gasteiger partial charge in [0.15, 0.2) is 0 Å². The van der Waals surface area contributed by atoms with Crippen LogP contribution in [-0.4, -0.2) is 30.1 Å². The Balaban J connectivity index is 1.88. The lowest BCUT2D eigenvalue weighted by atomic mass is 10.2. The van der Waals surface area contributed by atoms with Gasteiger partial charge in [-0.05, 0) is 17.7 Å². The summed E-state index contributed by atoms with van der Waals surface area (Å²) >= 11 is 0. The van der Waals surface area contributed by atoms with Gasteiger partial charge < -0.3 is 0 Å². The zero-order chi connectivity index (χ0) is 14.4. The van der Waals surface area contributed by atoms with Crippen molar-refractivity contribution in [3.05, 3.63) is 47.5 Å². The Bertz CT molecular complexity index is 686. The number of rotatable bonds is 6. The topological polar surface area (TPSA) is 112 Å². The molecule has 0 bridgehead atoms. The molecule has 104 valence electrons. The first kappa shape index (κ1) is 14.2. The average Bonchev–Trinajstić information content (AvgIpc) is 2.92. The van der Waals surface area contributed by atoms with Gasteiger partial charge in [0.1, 0.15) is 12.2 Å². The van der Waals surface area contributed by atoms with Crippen LogP contribution in [0.4, 0.5) is 0 Å². The summed E-state index contributed by atoms with van der Waals surface area (Å²) in [7, 11) is -3.40. The highest BCUT2D eigenvalue weighted by Crippen LogP contribution is 2.07. The highest BCUT2D eigenvalue weighted by atomic mass is 32.2. The van der Waals surface area contributed by atoms with Gasteiger partial charge in [0, 0.05) is 13.0 Å². The van der Waals surface area contributed by atoms with E-state index in [2.05, 4.69) is 19.9 Å². The summed E-state index contributed by atoms with van der Waals surface area (Å²) < 4.78 is 26.2. The molecule has 7 nitrogen and oxygen atoms in total. The molecule has 1 aromatic heterocycles. The summed E-state index contributed by atoms with van der Waals surface area (Å²) in [6.45, 7) is 0.258. The Morgan fingerprint density at radius 1 is 1.30 bits per heavy atom. The van der Waals surface area contributed by atoms with Gasteiger partial charge in [0.25, 0.3) is 0 Å². The molecular formula is C12H13N5O2S. The smallest absolute Gasteiger partial charge is 0.215 e. The number of aromatic nitrogens is 3. The van der Waals surface area contributed by atoms with Crippen LogP contribution in [0.25, 0.3) is 0 Å². The maximum Gasteiger partial charge on any atom is 0.215 e. The van der Waals surface area contributed by atoms with Crippen LogP contribution < -0.4 is 4.72 Å². The fraction of sp³-hybridized carbons (Fsp3) is 0.250. The van der Waals surface area contributed by atoms with Gasteiger partial charge in [0.05, 0.1) is 17.4 Å². The van der Waals surface area contributed by atoms with Crippen LogP contribution in [0.15, 0.2) is 30.6 Å². The van der Waals surface area contributed by atoms with E-state index in [4.69, 9.17) is 5.26 Å². The summed E-state index contributed by atoms with van der Waals surface area (Å²) in [4.78, 5) is 3.91. The molecule has 0 spiro atoms. The largest absolute Gasteiger partial charge is 0.263 e. The molecule has 2 aromatic rings. The molecule has 0 atom stereocenters. The van der Waals surface area contributed by atoms with Crippen molar-refractivity contribution in [1.29, 1.82) is 5.26 Å². The van der Waals surface area contributed by atoms with Crippen molar-refractivity contribution in [2.24, 2.45) is 0 Å². The Morgan fingerprint density at radius 3 is 2.65 bits per heavy atom. The van der Waals surface area contributed by atoms with Gasteiger partial charge in [-0.15, -0.1) is 0 Å². The van der Waals surface area contributed by atoms with E-state index in [1.54, 1.807) is 24.3 Å². The predicted octanol–water partition coefficient (Wildman–Crippen LogP) is 0.338. The Labute approximate surface area is 116 Å². The maximum absolute atomic E-state index is 11.9. The molecule has 1 heterocycles. The second-order valence-electron chi connectivity index (χ2n) is 4.14. The molecular weight excluding hydrogens is 278 g/mol. The maximum atomic E-state index is 11.9. The van der Waals surface area contributed by atoms with Gasteiger partial charge in [0.2, 0.25) is 10.0 Å². The van der Waals surface area contributed by atoms with Gasteiger partial charge >= 0.3 is 0 Å². The molecule has 2 N–H and O–H groups in total. The third-order valence-electron chi connectivity index (χ3n) is 2.59. The molecule has 20 heavy (non-hydrogen) atoms. The molecule has 0 saturated heterocycles. The highest BCUT2D eigenvalue weighted by molar-refractivity contribution is 7.88. The normalized spacial score (nSPS) is 11.2. The van der Waals surface area contributed by atoms with E-state index in [0.29, 0.717) is 23.4 Å². The van der Waals surface area contributed by atoms with E-state index in [1.165, 1.54) is 6.33 Å². The zero-order valence-electron chi connectivity index (χ0n) is 10.6. The van der Waals surface area contributed by atoms with Gasteiger partial charge in [-0.1, -0.05) is 12.1 Å². The monoisotopic (exact) mass is 291 g/mol. The van der Waals surface area contributed by atoms with Crippen LogP contribution in [0, 0.1) is 11.3 Å². The Morgan fingerprint density at radius 2 is 2.05 bits per heavy atom. The lowest BCUT2D eigenvalue weighted by Gasteiger charge is -2.06. The fourth-order valence-corrected chi connectivity index (χ4v) is 2.77. The highest BCUT2D eigenvalue weighted by Gasteiger charge is 2.11. The van der Waals surface area contributed by atoms with Gasteiger partial charge in [-0.25, -0.2) is 18.1 Å². The molecule has 0 unspecified atom stereocenters. The summed E-state index contributed by atoms with van der Waals surface area (Å²) in [5.74, 6) is 0.515. The van der Waals surface area contributed by atoms with Gasteiger partial charge in [-0.2, -0.15) is 10.4 Å². The molecule has 1 aromatic carbocycles. The zero-order valence-corrected chi connectivity index (χ0v) is 11.4.